The fourth-order valence-electron chi connectivity index (χ4n) is 2.46. The van der Waals surface area contributed by atoms with E-state index in [1.807, 2.05) is 36.4 Å². The van der Waals surface area contributed by atoms with Crippen molar-refractivity contribution in [3.8, 4) is 22.8 Å². The number of rotatable bonds is 5. The van der Waals surface area contributed by atoms with Crippen molar-refractivity contribution in [2.75, 3.05) is 14.2 Å². The number of benzene rings is 2. The number of carboxylic acids is 1. The Hall–Kier alpha value is -3.21. The molecule has 0 aliphatic rings. The van der Waals surface area contributed by atoms with Gasteiger partial charge in [0.05, 0.1) is 14.2 Å². The van der Waals surface area contributed by atoms with Crippen LogP contribution in [-0.2, 0) is 4.79 Å². The maximum absolute atomic E-state index is 10.7. The SMILES string of the molecule is COc1ccc(-c2cc3cc(/C=C/C(=O)O)cc(OC)c3o2)cc1. The van der Waals surface area contributed by atoms with Crippen molar-refractivity contribution in [1.82, 2.24) is 0 Å². The van der Waals surface area contributed by atoms with Crippen LogP contribution in [0.2, 0.25) is 0 Å². The first-order valence-electron chi connectivity index (χ1n) is 7.27. The van der Waals surface area contributed by atoms with Crippen molar-refractivity contribution in [2.45, 2.75) is 0 Å². The van der Waals surface area contributed by atoms with E-state index in [0.29, 0.717) is 17.1 Å². The average Bonchev–Trinajstić information content (AvgIpc) is 3.03. The van der Waals surface area contributed by atoms with Gasteiger partial charge in [0.1, 0.15) is 11.5 Å². The normalized spacial score (nSPS) is 11.1. The number of methoxy groups -OCH3 is 2. The fraction of sp³-hybridized carbons (Fsp3) is 0.105. The molecule has 3 aromatic rings. The van der Waals surface area contributed by atoms with Crippen molar-refractivity contribution in [2.24, 2.45) is 0 Å². The molecule has 0 radical (unpaired) electrons. The van der Waals surface area contributed by atoms with Crippen LogP contribution in [-0.4, -0.2) is 25.3 Å². The predicted molar refractivity (Wildman–Crippen MR) is 91.4 cm³/mol. The zero-order chi connectivity index (χ0) is 17.1. The maximum atomic E-state index is 10.7. The molecule has 0 aliphatic heterocycles. The first-order chi connectivity index (χ1) is 11.6. The lowest BCUT2D eigenvalue weighted by Gasteiger charge is -2.02. The molecule has 0 amide bonds. The molecule has 0 aliphatic carbocycles. The molecule has 0 saturated heterocycles. The number of hydrogen-bond acceptors (Lipinski definition) is 4. The van der Waals surface area contributed by atoms with Crippen LogP contribution in [0.15, 0.2) is 53.0 Å². The summed E-state index contributed by atoms with van der Waals surface area (Å²) in [6.07, 6.45) is 2.61. The number of hydrogen-bond donors (Lipinski definition) is 1. The Bertz CT molecular complexity index is 903. The lowest BCUT2D eigenvalue weighted by molar-refractivity contribution is -0.131. The minimum Gasteiger partial charge on any atom is -0.497 e. The molecule has 1 N–H and O–H groups in total. The van der Waals surface area contributed by atoms with E-state index in [-0.39, 0.29) is 0 Å². The maximum Gasteiger partial charge on any atom is 0.328 e. The van der Waals surface area contributed by atoms with Gasteiger partial charge in [-0.2, -0.15) is 0 Å². The van der Waals surface area contributed by atoms with E-state index in [9.17, 15) is 4.79 Å². The van der Waals surface area contributed by atoms with E-state index in [4.69, 9.17) is 19.0 Å². The Morgan fingerprint density at radius 3 is 2.46 bits per heavy atom. The van der Waals surface area contributed by atoms with Gasteiger partial charge in [-0.05, 0) is 54.1 Å². The van der Waals surface area contributed by atoms with E-state index >= 15 is 0 Å². The summed E-state index contributed by atoms with van der Waals surface area (Å²) in [5.41, 5.74) is 2.26. The highest BCUT2D eigenvalue weighted by atomic mass is 16.5. The Morgan fingerprint density at radius 1 is 1.08 bits per heavy atom. The minimum absolute atomic E-state index is 0.553. The highest BCUT2D eigenvalue weighted by Gasteiger charge is 2.12. The number of furan rings is 1. The predicted octanol–water partition coefficient (Wildman–Crippen LogP) is 4.21. The summed E-state index contributed by atoms with van der Waals surface area (Å²) in [5.74, 6) is 1.02. The van der Waals surface area contributed by atoms with E-state index in [1.54, 1.807) is 20.3 Å². The van der Waals surface area contributed by atoms with Crippen molar-refractivity contribution >= 4 is 23.0 Å². The molecule has 5 nitrogen and oxygen atoms in total. The number of carboxylic acid groups (broad SMARTS) is 1. The Morgan fingerprint density at radius 2 is 1.83 bits per heavy atom. The van der Waals surface area contributed by atoms with Gasteiger partial charge in [-0.3, -0.25) is 0 Å². The van der Waals surface area contributed by atoms with E-state index in [1.165, 1.54) is 6.08 Å². The minimum atomic E-state index is -1.000. The quantitative estimate of drug-likeness (QED) is 0.712. The topological polar surface area (TPSA) is 68.9 Å². The summed E-state index contributed by atoms with van der Waals surface area (Å²) in [5, 5.41) is 9.60. The summed E-state index contributed by atoms with van der Waals surface area (Å²) >= 11 is 0. The van der Waals surface area contributed by atoms with Gasteiger partial charge in [0, 0.05) is 17.0 Å². The van der Waals surface area contributed by atoms with Crippen LogP contribution in [0.3, 0.4) is 0 Å². The molecule has 5 heteroatoms. The zero-order valence-corrected chi connectivity index (χ0v) is 13.3. The molecule has 0 fully saturated rings. The third-order valence-electron chi connectivity index (χ3n) is 3.62. The molecule has 122 valence electrons. The standard InChI is InChI=1S/C19H16O5/c1-22-15-6-4-13(5-7-15)16-11-14-9-12(3-8-18(20)21)10-17(23-2)19(14)24-16/h3-11H,1-2H3,(H,20,21)/b8-3+. The highest BCUT2D eigenvalue weighted by molar-refractivity contribution is 5.91. The first-order valence-corrected chi connectivity index (χ1v) is 7.27. The van der Waals surface area contributed by atoms with Crippen molar-refractivity contribution in [3.05, 3.63) is 54.1 Å². The smallest absolute Gasteiger partial charge is 0.328 e. The molecule has 0 bridgehead atoms. The molecular formula is C19H16O5. The molecule has 2 aromatic carbocycles. The Labute approximate surface area is 138 Å². The largest absolute Gasteiger partial charge is 0.497 e. The summed E-state index contributed by atoms with van der Waals surface area (Å²) in [7, 11) is 3.17. The Kier molecular flexibility index (Phi) is 4.24. The van der Waals surface area contributed by atoms with Gasteiger partial charge in [0.25, 0.3) is 0 Å². The second-order valence-corrected chi connectivity index (χ2v) is 5.15. The van der Waals surface area contributed by atoms with Crippen LogP contribution >= 0.6 is 0 Å². The number of ether oxygens (including phenoxy) is 2. The van der Waals surface area contributed by atoms with Gasteiger partial charge in [0.2, 0.25) is 0 Å². The van der Waals surface area contributed by atoms with Gasteiger partial charge in [-0.25, -0.2) is 4.79 Å². The monoisotopic (exact) mass is 324 g/mol. The zero-order valence-electron chi connectivity index (χ0n) is 13.3. The molecule has 1 aromatic heterocycles. The number of aliphatic carboxylic acids is 1. The molecule has 0 atom stereocenters. The van der Waals surface area contributed by atoms with Crippen LogP contribution in [0.4, 0.5) is 0 Å². The summed E-state index contributed by atoms with van der Waals surface area (Å²) < 4.78 is 16.4. The van der Waals surface area contributed by atoms with Crippen molar-refractivity contribution in [3.63, 3.8) is 0 Å². The van der Waals surface area contributed by atoms with Crippen LogP contribution in [0.5, 0.6) is 11.5 Å². The van der Waals surface area contributed by atoms with Crippen LogP contribution in [0.1, 0.15) is 5.56 Å². The van der Waals surface area contributed by atoms with Gasteiger partial charge in [-0.1, -0.05) is 0 Å². The third kappa shape index (κ3) is 3.10. The lowest BCUT2D eigenvalue weighted by Crippen LogP contribution is -1.87. The molecule has 24 heavy (non-hydrogen) atoms. The highest BCUT2D eigenvalue weighted by Crippen LogP contribution is 2.35. The van der Waals surface area contributed by atoms with Crippen molar-refractivity contribution in [1.29, 1.82) is 0 Å². The number of carbonyl (C=O) groups is 1. The molecular weight excluding hydrogens is 308 g/mol. The molecule has 3 rings (SSSR count). The second-order valence-electron chi connectivity index (χ2n) is 5.15. The molecule has 1 heterocycles. The van der Waals surface area contributed by atoms with Gasteiger partial charge >= 0.3 is 5.97 Å². The van der Waals surface area contributed by atoms with Gasteiger partial charge in [0.15, 0.2) is 11.3 Å². The summed E-state index contributed by atoms with van der Waals surface area (Å²) in [6, 6.07) is 13.0. The van der Waals surface area contributed by atoms with Gasteiger partial charge < -0.3 is 19.0 Å². The molecule has 0 spiro atoms. The molecule has 0 unspecified atom stereocenters. The Balaban J connectivity index is 2.07. The lowest BCUT2D eigenvalue weighted by atomic mass is 10.1. The first kappa shape index (κ1) is 15.7. The average molecular weight is 324 g/mol. The van der Waals surface area contributed by atoms with Crippen LogP contribution < -0.4 is 9.47 Å². The van der Waals surface area contributed by atoms with Gasteiger partial charge in [-0.15, -0.1) is 0 Å². The molecule has 0 saturated carbocycles. The van der Waals surface area contributed by atoms with E-state index in [2.05, 4.69) is 0 Å². The second kappa shape index (κ2) is 6.50. The number of fused-ring (bicyclic) bond motifs is 1. The summed E-state index contributed by atoms with van der Waals surface area (Å²) in [6.45, 7) is 0. The van der Waals surface area contributed by atoms with Crippen molar-refractivity contribution < 1.29 is 23.8 Å². The summed E-state index contributed by atoms with van der Waals surface area (Å²) in [4.78, 5) is 10.7. The van der Waals surface area contributed by atoms with E-state index in [0.717, 1.165) is 28.3 Å². The third-order valence-corrected chi connectivity index (χ3v) is 3.62. The van der Waals surface area contributed by atoms with Crippen LogP contribution in [0.25, 0.3) is 28.4 Å². The van der Waals surface area contributed by atoms with E-state index < -0.39 is 5.97 Å². The van der Waals surface area contributed by atoms with Crippen LogP contribution in [0, 0.1) is 0 Å². The fourth-order valence-corrected chi connectivity index (χ4v) is 2.46.